The molecule has 0 radical (unpaired) electrons. The normalized spacial score (nSPS) is 12.6. The standard InChI is InChI=1S/C15H18N2/c1-3-4-8-13(16)15-10-11(2)12-7-5-6-9-14(12)17-15/h3,5-7,9-10,13H,1,4,8,16H2,2H3. The Morgan fingerprint density at radius 3 is 2.94 bits per heavy atom. The summed E-state index contributed by atoms with van der Waals surface area (Å²) >= 11 is 0. The van der Waals surface area contributed by atoms with Crippen molar-refractivity contribution >= 4 is 10.9 Å². The first-order chi connectivity index (χ1) is 8.22. The summed E-state index contributed by atoms with van der Waals surface area (Å²) in [6, 6.07) is 10.3. The topological polar surface area (TPSA) is 38.9 Å². The average Bonchev–Trinajstić information content (AvgIpc) is 2.36. The summed E-state index contributed by atoms with van der Waals surface area (Å²) in [5.74, 6) is 0. The highest BCUT2D eigenvalue weighted by atomic mass is 14.8. The number of para-hydroxylation sites is 1. The van der Waals surface area contributed by atoms with Crippen LogP contribution in [0.2, 0.25) is 0 Å². The van der Waals surface area contributed by atoms with E-state index in [1.807, 2.05) is 24.3 Å². The zero-order valence-electron chi connectivity index (χ0n) is 10.2. The lowest BCUT2D eigenvalue weighted by Crippen LogP contribution is -2.12. The van der Waals surface area contributed by atoms with Crippen LogP contribution in [0.1, 0.15) is 30.1 Å². The van der Waals surface area contributed by atoms with Gasteiger partial charge in [-0.25, -0.2) is 0 Å². The minimum Gasteiger partial charge on any atom is -0.323 e. The van der Waals surface area contributed by atoms with E-state index in [9.17, 15) is 0 Å². The maximum absolute atomic E-state index is 6.13. The molecule has 0 aliphatic carbocycles. The molecule has 1 aromatic heterocycles. The van der Waals surface area contributed by atoms with Gasteiger partial charge >= 0.3 is 0 Å². The van der Waals surface area contributed by atoms with E-state index in [4.69, 9.17) is 5.73 Å². The molecule has 0 spiro atoms. The monoisotopic (exact) mass is 226 g/mol. The second kappa shape index (κ2) is 5.11. The number of hydrogen-bond acceptors (Lipinski definition) is 2. The summed E-state index contributed by atoms with van der Waals surface area (Å²) in [5, 5.41) is 1.20. The minimum absolute atomic E-state index is 0.00342. The molecule has 2 N–H and O–H groups in total. The van der Waals surface area contributed by atoms with Gasteiger partial charge in [-0.2, -0.15) is 0 Å². The molecule has 0 amide bonds. The van der Waals surface area contributed by atoms with Crippen LogP contribution in [0.3, 0.4) is 0 Å². The van der Waals surface area contributed by atoms with Crippen molar-refractivity contribution in [2.45, 2.75) is 25.8 Å². The van der Waals surface area contributed by atoms with Gasteiger partial charge in [0.2, 0.25) is 0 Å². The largest absolute Gasteiger partial charge is 0.323 e. The molecule has 0 fully saturated rings. The first-order valence-electron chi connectivity index (χ1n) is 5.95. The number of aromatic nitrogens is 1. The van der Waals surface area contributed by atoms with Crippen molar-refractivity contribution < 1.29 is 0 Å². The van der Waals surface area contributed by atoms with Gasteiger partial charge < -0.3 is 5.73 Å². The Morgan fingerprint density at radius 1 is 1.41 bits per heavy atom. The van der Waals surface area contributed by atoms with Gasteiger partial charge in [-0.05, 0) is 37.5 Å². The third kappa shape index (κ3) is 2.53. The Balaban J connectivity index is 2.39. The van der Waals surface area contributed by atoms with E-state index < -0.39 is 0 Å². The molecule has 1 unspecified atom stereocenters. The molecule has 0 saturated carbocycles. The number of fused-ring (bicyclic) bond motifs is 1. The molecule has 1 heterocycles. The highest BCUT2D eigenvalue weighted by Gasteiger charge is 2.09. The number of nitrogens with zero attached hydrogens (tertiary/aromatic N) is 1. The second-order valence-corrected chi connectivity index (χ2v) is 4.35. The summed E-state index contributed by atoms with van der Waals surface area (Å²) in [5.41, 5.74) is 9.37. The van der Waals surface area contributed by atoms with Crippen molar-refractivity contribution in [3.8, 4) is 0 Å². The number of allylic oxidation sites excluding steroid dienone is 1. The average molecular weight is 226 g/mol. The quantitative estimate of drug-likeness (QED) is 0.810. The van der Waals surface area contributed by atoms with Gasteiger partial charge in [-0.1, -0.05) is 24.3 Å². The Kier molecular flexibility index (Phi) is 3.55. The molecule has 2 aromatic rings. The van der Waals surface area contributed by atoms with Gasteiger partial charge in [0, 0.05) is 11.4 Å². The van der Waals surface area contributed by atoms with E-state index in [1.54, 1.807) is 0 Å². The van der Waals surface area contributed by atoms with Crippen molar-refractivity contribution in [3.63, 3.8) is 0 Å². The SMILES string of the molecule is C=CCCC(N)c1cc(C)c2ccccc2n1. The maximum Gasteiger partial charge on any atom is 0.0708 e. The fraction of sp³-hybridized carbons (Fsp3) is 0.267. The van der Waals surface area contributed by atoms with Gasteiger partial charge in [0.15, 0.2) is 0 Å². The predicted molar refractivity (Wildman–Crippen MR) is 72.8 cm³/mol. The molecule has 2 nitrogen and oxygen atoms in total. The number of nitrogens with two attached hydrogens (primary N) is 1. The number of pyridine rings is 1. The van der Waals surface area contributed by atoms with Crippen LogP contribution in [0, 0.1) is 6.92 Å². The maximum atomic E-state index is 6.13. The van der Waals surface area contributed by atoms with Crippen molar-refractivity contribution in [2.75, 3.05) is 0 Å². The first-order valence-corrected chi connectivity index (χ1v) is 5.95. The molecule has 0 aliphatic heterocycles. The highest BCUT2D eigenvalue weighted by Crippen LogP contribution is 2.21. The Morgan fingerprint density at radius 2 is 2.18 bits per heavy atom. The molecule has 2 heteroatoms. The van der Waals surface area contributed by atoms with E-state index >= 15 is 0 Å². The van der Waals surface area contributed by atoms with Crippen molar-refractivity contribution in [3.05, 3.63) is 54.2 Å². The summed E-state index contributed by atoms with van der Waals surface area (Å²) < 4.78 is 0. The van der Waals surface area contributed by atoms with Crippen molar-refractivity contribution in [2.24, 2.45) is 5.73 Å². The summed E-state index contributed by atoms with van der Waals surface area (Å²) in [7, 11) is 0. The van der Waals surface area contributed by atoms with E-state index in [0.717, 1.165) is 24.1 Å². The van der Waals surface area contributed by atoms with Gasteiger partial charge in [-0.15, -0.1) is 6.58 Å². The third-order valence-corrected chi connectivity index (χ3v) is 3.00. The Bertz CT molecular complexity index is 531. The lowest BCUT2D eigenvalue weighted by Gasteiger charge is -2.12. The molecule has 17 heavy (non-hydrogen) atoms. The molecule has 0 bridgehead atoms. The number of hydrogen-bond donors (Lipinski definition) is 1. The van der Waals surface area contributed by atoms with Gasteiger partial charge in [-0.3, -0.25) is 4.98 Å². The zero-order chi connectivity index (χ0) is 12.3. The number of aryl methyl sites for hydroxylation is 1. The lowest BCUT2D eigenvalue weighted by molar-refractivity contribution is 0.644. The smallest absolute Gasteiger partial charge is 0.0708 e. The molecule has 0 saturated heterocycles. The molecule has 88 valence electrons. The summed E-state index contributed by atoms with van der Waals surface area (Å²) in [6.07, 6.45) is 3.72. The van der Waals surface area contributed by atoms with Crippen molar-refractivity contribution in [1.29, 1.82) is 0 Å². The van der Waals surface area contributed by atoms with E-state index in [0.29, 0.717) is 0 Å². The molecule has 2 rings (SSSR count). The second-order valence-electron chi connectivity index (χ2n) is 4.35. The Hall–Kier alpha value is -1.67. The van der Waals surface area contributed by atoms with Gasteiger partial charge in [0.25, 0.3) is 0 Å². The molecular weight excluding hydrogens is 208 g/mol. The molecule has 1 aromatic carbocycles. The van der Waals surface area contributed by atoms with Crippen LogP contribution in [0.4, 0.5) is 0 Å². The van der Waals surface area contributed by atoms with Crippen LogP contribution in [0.25, 0.3) is 10.9 Å². The van der Waals surface area contributed by atoms with Crippen LogP contribution >= 0.6 is 0 Å². The van der Waals surface area contributed by atoms with Crippen molar-refractivity contribution in [1.82, 2.24) is 4.98 Å². The molecule has 1 atom stereocenters. The van der Waals surface area contributed by atoms with Crippen LogP contribution < -0.4 is 5.73 Å². The number of benzene rings is 1. The van der Waals surface area contributed by atoms with E-state index in [-0.39, 0.29) is 6.04 Å². The molecule has 0 aliphatic rings. The predicted octanol–water partition coefficient (Wildman–Crippen LogP) is 3.51. The fourth-order valence-corrected chi connectivity index (χ4v) is 2.01. The van der Waals surface area contributed by atoms with Crippen LogP contribution in [-0.4, -0.2) is 4.98 Å². The van der Waals surface area contributed by atoms with Crippen LogP contribution in [-0.2, 0) is 0 Å². The minimum atomic E-state index is -0.00342. The summed E-state index contributed by atoms with van der Waals surface area (Å²) in [6.45, 7) is 5.82. The summed E-state index contributed by atoms with van der Waals surface area (Å²) in [4.78, 5) is 4.63. The van der Waals surface area contributed by atoms with E-state index in [2.05, 4.69) is 30.6 Å². The molecular formula is C15H18N2. The zero-order valence-corrected chi connectivity index (χ0v) is 10.2. The Labute approximate surface area is 102 Å². The van der Waals surface area contributed by atoms with Crippen LogP contribution in [0.15, 0.2) is 43.0 Å². The number of rotatable bonds is 4. The fourth-order valence-electron chi connectivity index (χ4n) is 2.01. The first kappa shape index (κ1) is 11.8. The van der Waals surface area contributed by atoms with E-state index in [1.165, 1.54) is 10.9 Å². The van der Waals surface area contributed by atoms with Gasteiger partial charge in [0.1, 0.15) is 0 Å². The highest BCUT2D eigenvalue weighted by molar-refractivity contribution is 5.82. The third-order valence-electron chi connectivity index (χ3n) is 3.00. The van der Waals surface area contributed by atoms with Crippen LogP contribution in [0.5, 0.6) is 0 Å². The lowest BCUT2D eigenvalue weighted by atomic mass is 10.0. The van der Waals surface area contributed by atoms with Gasteiger partial charge in [0.05, 0.1) is 11.2 Å².